The molecular formula is C15H16Cl2N4O3S. The highest BCUT2D eigenvalue weighted by Gasteiger charge is 2.28. The molecule has 0 saturated carbocycles. The standard InChI is InChI=1S/C15H16Cl2N4O3S/c1-7-10(16)11(17)12(19-7)13(22)20-8-3-4-21(6-8)15-18-5-9(25-15)14(23)24-2/h5,8,19H,3-4,6H2,1-2H3,(H,20,22)/t8-/m0/s1. The molecule has 2 aromatic heterocycles. The van der Waals surface area contributed by atoms with Crippen molar-refractivity contribution >= 4 is 51.5 Å². The molecule has 2 aromatic rings. The third-order valence-corrected chi connectivity index (χ3v) is 5.94. The maximum Gasteiger partial charge on any atom is 0.349 e. The third-order valence-electron chi connectivity index (χ3n) is 3.96. The minimum Gasteiger partial charge on any atom is -0.465 e. The Labute approximate surface area is 158 Å². The van der Waals surface area contributed by atoms with E-state index in [-0.39, 0.29) is 22.7 Å². The number of aryl methyl sites for hydroxylation is 1. The second-order valence-electron chi connectivity index (χ2n) is 5.66. The summed E-state index contributed by atoms with van der Waals surface area (Å²) in [5, 5.41) is 4.27. The van der Waals surface area contributed by atoms with E-state index < -0.39 is 5.97 Å². The van der Waals surface area contributed by atoms with Crippen LogP contribution < -0.4 is 10.2 Å². The van der Waals surface area contributed by atoms with Crippen molar-refractivity contribution in [3.63, 3.8) is 0 Å². The van der Waals surface area contributed by atoms with Crippen molar-refractivity contribution in [1.29, 1.82) is 0 Å². The number of thiazole rings is 1. The monoisotopic (exact) mass is 402 g/mol. The molecule has 25 heavy (non-hydrogen) atoms. The van der Waals surface area contributed by atoms with E-state index in [1.807, 2.05) is 4.90 Å². The van der Waals surface area contributed by atoms with Crippen LogP contribution in [0.4, 0.5) is 5.13 Å². The maximum atomic E-state index is 12.4. The van der Waals surface area contributed by atoms with Crippen LogP contribution in [0.1, 0.15) is 32.3 Å². The lowest BCUT2D eigenvalue weighted by Gasteiger charge is -2.15. The molecule has 1 atom stereocenters. The van der Waals surface area contributed by atoms with Gasteiger partial charge in [-0.1, -0.05) is 34.5 Å². The van der Waals surface area contributed by atoms with E-state index in [2.05, 4.69) is 20.0 Å². The summed E-state index contributed by atoms with van der Waals surface area (Å²) >= 11 is 13.4. The number of aromatic nitrogens is 2. The quantitative estimate of drug-likeness (QED) is 0.767. The number of methoxy groups -OCH3 is 1. The zero-order valence-corrected chi connectivity index (χ0v) is 15.9. The summed E-state index contributed by atoms with van der Waals surface area (Å²) in [5.74, 6) is -0.692. The van der Waals surface area contributed by atoms with Crippen molar-refractivity contribution in [3.8, 4) is 0 Å². The minimum absolute atomic E-state index is 0.0450. The number of aromatic amines is 1. The summed E-state index contributed by atoms with van der Waals surface area (Å²) in [6.07, 6.45) is 2.27. The van der Waals surface area contributed by atoms with Crippen molar-refractivity contribution < 1.29 is 14.3 Å². The van der Waals surface area contributed by atoms with Crippen LogP contribution in [0.25, 0.3) is 0 Å². The maximum absolute atomic E-state index is 12.4. The van der Waals surface area contributed by atoms with Crippen LogP contribution in [0.3, 0.4) is 0 Å². The van der Waals surface area contributed by atoms with Gasteiger partial charge in [0.2, 0.25) is 0 Å². The van der Waals surface area contributed by atoms with Gasteiger partial charge in [-0.3, -0.25) is 4.79 Å². The zero-order valence-electron chi connectivity index (χ0n) is 13.6. The Morgan fingerprint density at radius 2 is 2.20 bits per heavy atom. The van der Waals surface area contributed by atoms with Gasteiger partial charge in [-0.15, -0.1) is 0 Å². The van der Waals surface area contributed by atoms with E-state index in [0.29, 0.717) is 22.1 Å². The fourth-order valence-electron chi connectivity index (χ4n) is 2.64. The molecule has 7 nitrogen and oxygen atoms in total. The van der Waals surface area contributed by atoms with E-state index in [0.717, 1.165) is 18.1 Å². The van der Waals surface area contributed by atoms with E-state index in [9.17, 15) is 9.59 Å². The van der Waals surface area contributed by atoms with Gasteiger partial charge in [0.25, 0.3) is 5.91 Å². The number of nitrogens with one attached hydrogen (secondary N) is 2. The van der Waals surface area contributed by atoms with Gasteiger partial charge >= 0.3 is 5.97 Å². The lowest BCUT2D eigenvalue weighted by molar-refractivity contribution is 0.0606. The van der Waals surface area contributed by atoms with Gasteiger partial charge in [0.1, 0.15) is 10.6 Å². The fourth-order valence-corrected chi connectivity index (χ4v) is 3.93. The van der Waals surface area contributed by atoms with Crippen molar-refractivity contribution in [2.45, 2.75) is 19.4 Å². The van der Waals surface area contributed by atoms with E-state index in [1.54, 1.807) is 6.92 Å². The highest BCUT2D eigenvalue weighted by atomic mass is 35.5. The summed E-state index contributed by atoms with van der Waals surface area (Å²) in [6, 6.07) is -0.0450. The van der Waals surface area contributed by atoms with Gasteiger partial charge in [-0.25, -0.2) is 9.78 Å². The van der Waals surface area contributed by atoms with E-state index in [1.165, 1.54) is 24.6 Å². The number of carbonyl (C=O) groups is 2. The molecule has 3 heterocycles. The largest absolute Gasteiger partial charge is 0.465 e. The summed E-state index contributed by atoms with van der Waals surface area (Å²) in [5.41, 5.74) is 0.924. The van der Waals surface area contributed by atoms with Crippen LogP contribution in [-0.4, -0.2) is 48.1 Å². The van der Waals surface area contributed by atoms with Crippen molar-refractivity contribution in [3.05, 3.63) is 32.5 Å². The van der Waals surface area contributed by atoms with Gasteiger partial charge in [-0.2, -0.15) is 0 Å². The molecule has 1 aliphatic rings. The molecule has 1 saturated heterocycles. The number of amides is 1. The first-order chi connectivity index (χ1) is 11.9. The molecule has 0 bridgehead atoms. The van der Waals surface area contributed by atoms with Gasteiger partial charge < -0.3 is 19.9 Å². The topological polar surface area (TPSA) is 87.3 Å². The number of halogens is 2. The molecule has 0 unspecified atom stereocenters. The van der Waals surface area contributed by atoms with E-state index >= 15 is 0 Å². The number of anilines is 1. The smallest absolute Gasteiger partial charge is 0.349 e. The predicted octanol–water partition coefficient (Wildman–Crippen LogP) is 2.88. The van der Waals surface area contributed by atoms with Gasteiger partial charge in [0.15, 0.2) is 5.13 Å². The molecular weight excluding hydrogens is 387 g/mol. The molecule has 1 aliphatic heterocycles. The second-order valence-corrected chi connectivity index (χ2v) is 7.42. The number of esters is 1. The molecule has 3 rings (SSSR count). The zero-order chi connectivity index (χ0) is 18.1. The Bertz CT molecular complexity index is 820. The van der Waals surface area contributed by atoms with Crippen LogP contribution in [0.5, 0.6) is 0 Å². The lowest BCUT2D eigenvalue weighted by Crippen LogP contribution is -2.37. The van der Waals surface area contributed by atoms with Crippen molar-refractivity contribution in [2.75, 3.05) is 25.1 Å². The Kier molecular flexibility index (Phi) is 5.21. The number of nitrogens with zero attached hydrogens (tertiary/aromatic N) is 2. The molecule has 0 aliphatic carbocycles. The van der Waals surface area contributed by atoms with Crippen LogP contribution >= 0.6 is 34.5 Å². The summed E-state index contributed by atoms with van der Waals surface area (Å²) in [7, 11) is 1.34. The van der Waals surface area contributed by atoms with Crippen molar-refractivity contribution in [2.24, 2.45) is 0 Å². The van der Waals surface area contributed by atoms with Crippen LogP contribution in [0.2, 0.25) is 10.0 Å². The Morgan fingerprint density at radius 3 is 2.84 bits per heavy atom. The molecule has 2 N–H and O–H groups in total. The van der Waals surface area contributed by atoms with Crippen molar-refractivity contribution in [1.82, 2.24) is 15.3 Å². The van der Waals surface area contributed by atoms with Gasteiger partial charge in [0, 0.05) is 24.8 Å². The molecule has 0 radical (unpaired) electrons. The number of carbonyl (C=O) groups excluding carboxylic acids is 2. The third kappa shape index (κ3) is 3.61. The second kappa shape index (κ2) is 7.23. The van der Waals surface area contributed by atoms with Crippen LogP contribution in [-0.2, 0) is 4.74 Å². The molecule has 1 amide bonds. The normalized spacial score (nSPS) is 17.0. The number of ether oxygens (including phenoxy) is 1. The fraction of sp³-hybridized carbons (Fsp3) is 0.400. The van der Waals surface area contributed by atoms with Gasteiger partial charge in [-0.05, 0) is 13.3 Å². The number of hydrogen-bond acceptors (Lipinski definition) is 6. The summed E-state index contributed by atoms with van der Waals surface area (Å²) in [6.45, 7) is 3.09. The SMILES string of the molecule is COC(=O)c1cnc(N2CC[C@H](NC(=O)c3[nH]c(C)c(Cl)c3Cl)C2)s1. The first kappa shape index (κ1) is 18.0. The predicted molar refractivity (Wildman–Crippen MR) is 97.1 cm³/mol. The molecule has 134 valence electrons. The average molecular weight is 403 g/mol. The average Bonchev–Trinajstić information content (AvgIpc) is 3.30. The molecule has 0 spiro atoms. The number of H-pyrrole nitrogens is 1. The highest BCUT2D eigenvalue weighted by Crippen LogP contribution is 2.30. The summed E-state index contributed by atoms with van der Waals surface area (Å²) in [4.78, 5) is 33.5. The summed E-state index contributed by atoms with van der Waals surface area (Å²) < 4.78 is 4.69. The van der Waals surface area contributed by atoms with Crippen LogP contribution in [0, 0.1) is 6.92 Å². The lowest BCUT2D eigenvalue weighted by atomic mass is 10.2. The Hall–Kier alpha value is -1.77. The first-order valence-electron chi connectivity index (χ1n) is 7.54. The molecule has 10 heteroatoms. The highest BCUT2D eigenvalue weighted by molar-refractivity contribution is 7.17. The van der Waals surface area contributed by atoms with Crippen LogP contribution in [0.15, 0.2) is 6.20 Å². The number of hydrogen-bond donors (Lipinski definition) is 2. The minimum atomic E-state index is -0.401. The first-order valence-corrected chi connectivity index (χ1v) is 9.11. The molecule has 0 aromatic carbocycles. The van der Waals surface area contributed by atoms with E-state index in [4.69, 9.17) is 23.2 Å². The Balaban J connectivity index is 1.63. The molecule has 1 fully saturated rings. The number of rotatable bonds is 4. The Morgan fingerprint density at radius 1 is 1.44 bits per heavy atom. The van der Waals surface area contributed by atoms with Gasteiger partial charge in [0.05, 0.1) is 23.4 Å².